The molecule has 114 valence electrons. The lowest BCUT2D eigenvalue weighted by Crippen LogP contribution is -2.42. The summed E-state index contributed by atoms with van der Waals surface area (Å²) in [6.45, 7) is 19.7. The number of hydrogen-bond donors (Lipinski definition) is 1. The summed E-state index contributed by atoms with van der Waals surface area (Å²) in [5.41, 5.74) is 1.92. The van der Waals surface area contributed by atoms with Gasteiger partial charge >= 0.3 is 0 Å². The molecule has 1 rings (SSSR count). The van der Waals surface area contributed by atoms with Gasteiger partial charge in [0.15, 0.2) is 0 Å². The number of nitrogens with one attached hydrogen (secondary N) is 1. The van der Waals surface area contributed by atoms with Gasteiger partial charge in [-0.15, -0.1) is 0 Å². The summed E-state index contributed by atoms with van der Waals surface area (Å²) in [4.78, 5) is 0. The molecule has 0 saturated heterocycles. The molecule has 0 fully saturated rings. The molecule has 0 bridgehead atoms. The molecule has 0 aliphatic rings. The minimum Gasteiger partial charge on any atom is -0.308 e. The Morgan fingerprint density at radius 3 is 1.80 bits per heavy atom. The van der Waals surface area contributed by atoms with E-state index < -0.39 is 8.07 Å². The molecule has 1 aromatic rings. The summed E-state index contributed by atoms with van der Waals surface area (Å²) in [5.74, 6) is 0. The van der Waals surface area contributed by atoms with E-state index in [9.17, 15) is 0 Å². The fraction of sp³-hybridized carbons (Fsp3) is 0.667. The molecule has 0 aliphatic carbocycles. The maximum absolute atomic E-state index is 3.70. The lowest BCUT2D eigenvalue weighted by Gasteiger charge is -2.33. The highest BCUT2D eigenvalue weighted by Crippen LogP contribution is 2.26. The largest absolute Gasteiger partial charge is 0.308 e. The average molecular weight is 292 g/mol. The zero-order chi connectivity index (χ0) is 15.6. The van der Waals surface area contributed by atoms with E-state index in [0.29, 0.717) is 5.41 Å². The lowest BCUT2D eigenvalue weighted by atomic mass is 9.82. The zero-order valence-corrected chi connectivity index (χ0v) is 15.7. The Hall–Kier alpha value is -0.603. The van der Waals surface area contributed by atoms with E-state index in [-0.39, 0.29) is 5.54 Å². The molecule has 1 N–H and O–H groups in total. The van der Waals surface area contributed by atoms with Gasteiger partial charge in [-0.05, 0) is 31.2 Å². The van der Waals surface area contributed by atoms with Crippen LogP contribution in [0.2, 0.25) is 19.6 Å². The van der Waals surface area contributed by atoms with Gasteiger partial charge in [-0.1, -0.05) is 69.9 Å². The van der Waals surface area contributed by atoms with Crippen molar-refractivity contribution in [3.05, 3.63) is 29.8 Å². The Balaban J connectivity index is 2.62. The number of hydrogen-bond acceptors (Lipinski definition) is 1. The Morgan fingerprint density at radius 2 is 1.40 bits per heavy atom. The van der Waals surface area contributed by atoms with Crippen molar-refractivity contribution in [3.63, 3.8) is 0 Å². The Labute approximate surface area is 127 Å². The van der Waals surface area contributed by atoms with Gasteiger partial charge < -0.3 is 5.32 Å². The molecular formula is C18H33NSi. The molecule has 0 amide bonds. The van der Waals surface area contributed by atoms with Gasteiger partial charge in [-0.25, -0.2) is 0 Å². The minimum atomic E-state index is -1.17. The molecule has 0 saturated carbocycles. The highest BCUT2D eigenvalue weighted by atomic mass is 28.3. The van der Waals surface area contributed by atoms with Crippen LogP contribution in [0, 0.1) is 5.41 Å². The predicted molar refractivity (Wildman–Crippen MR) is 94.4 cm³/mol. The first-order valence-corrected chi connectivity index (χ1v) is 11.2. The molecule has 1 nitrogen and oxygen atoms in total. The van der Waals surface area contributed by atoms with Gasteiger partial charge in [0.05, 0.1) is 8.07 Å². The van der Waals surface area contributed by atoms with E-state index in [4.69, 9.17) is 0 Å². The van der Waals surface area contributed by atoms with E-state index >= 15 is 0 Å². The Kier molecular flexibility index (Phi) is 5.26. The van der Waals surface area contributed by atoms with Crippen LogP contribution in [0.4, 0.5) is 0 Å². The molecule has 0 aliphatic heterocycles. The third kappa shape index (κ3) is 6.23. The van der Waals surface area contributed by atoms with Crippen LogP contribution >= 0.6 is 0 Å². The predicted octanol–water partition coefficient (Wildman–Crippen LogP) is 4.54. The fourth-order valence-corrected chi connectivity index (χ4v) is 4.02. The first-order chi connectivity index (χ1) is 8.89. The summed E-state index contributed by atoms with van der Waals surface area (Å²) in [6.07, 6.45) is 1.17. The third-order valence-electron chi connectivity index (χ3n) is 3.56. The van der Waals surface area contributed by atoms with Gasteiger partial charge in [0.1, 0.15) is 0 Å². The summed E-state index contributed by atoms with van der Waals surface area (Å²) < 4.78 is 0. The van der Waals surface area contributed by atoms with E-state index in [1.807, 2.05) is 0 Å². The normalized spacial score (nSPS) is 13.6. The molecule has 2 heteroatoms. The standard InChI is InChI=1S/C18H33NSi/c1-17(2,3)14-18(4,5)19-13-15-9-11-16(12-10-15)20(6,7)8/h9-12,19H,13-14H2,1-8H3. The van der Waals surface area contributed by atoms with Crippen LogP contribution < -0.4 is 10.5 Å². The van der Waals surface area contributed by atoms with E-state index in [1.54, 1.807) is 0 Å². The van der Waals surface area contributed by atoms with Crippen molar-refractivity contribution < 1.29 is 0 Å². The van der Waals surface area contributed by atoms with Gasteiger partial charge in [0.2, 0.25) is 0 Å². The molecule has 0 spiro atoms. The van der Waals surface area contributed by atoms with E-state index in [1.165, 1.54) is 17.2 Å². The van der Waals surface area contributed by atoms with Crippen LogP contribution in [0.5, 0.6) is 0 Å². The van der Waals surface area contributed by atoms with Crippen LogP contribution in [0.25, 0.3) is 0 Å². The third-order valence-corrected chi connectivity index (χ3v) is 5.63. The summed E-state index contributed by atoms with van der Waals surface area (Å²) >= 11 is 0. The molecule has 0 unspecified atom stereocenters. The van der Waals surface area contributed by atoms with Crippen LogP contribution in [0.15, 0.2) is 24.3 Å². The molecule has 0 heterocycles. The van der Waals surface area contributed by atoms with Gasteiger partial charge in [0, 0.05) is 12.1 Å². The minimum absolute atomic E-state index is 0.176. The van der Waals surface area contributed by atoms with Crippen LogP contribution in [0.1, 0.15) is 46.6 Å². The van der Waals surface area contributed by atoms with Crippen LogP contribution in [-0.2, 0) is 6.54 Å². The van der Waals surface area contributed by atoms with Crippen molar-refractivity contribution >= 4 is 13.3 Å². The first-order valence-electron chi connectivity index (χ1n) is 7.74. The summed E-state index contributed by atoms with van der Waals surface area (Å²) in [5, 5.41) is 5.24. The average Bonchev–Trinajstić information content (AvgIpc) is 2.22. The SMILES string of the molecule is CC(C)(C)CC(C)(C)NCc1ccc([Si](C)(C)C)cc1. The second-order valence-electron chi connectivity index (χ2n) is 8.92. The molecular weight excluding hydrogens is 258 g/mol. The Morgan fingerprint density at radius 1 is 0.900 bits per heavy atom. The van der Waals surface area contributed by atoms with Crippen molar-refractivity contribution in [2.75, 3.05) is 0 Å². The molecule has 0 aromatic heterocycles. The Bertz CT molecular complexity index is 418. The smallest absolute Gasteiger partial charge is 0.0775 e. The summed E-state index contributed by atoms with van der Waals surface area (Å²) in [6, 6.07) is 9.21. The molecule has 0 radical (unpaired) electrons. The highest BCUT2D eigenvalue weighted by Gasteiger charge is 2.24. The van der Waals surface area contributed by atoms with Crippen molar-refractivity contribution in [3.8, 4) is 0 Å². The second-order valence-corrected chi connectivity index (χ2v) is 14.0. The van der Waals surface area contributed by atoms with Gasteiger partial charge in [-0.3, -0.25) is 0 Å². The number of benzene rings is 1. The van der Waals surface area contributed by atoms with Crippen LogP contribution in [-0.4, -0.2) is 13.6 Å². The lowest BCUT2D eigenvalue weighted by molar-refractivity contribution is 0.241. The molecule has 0 atom stereocenters. The molecule has 20 heavy (non-hydrogen) atoms. The van der Waals surface area contributed by atoms with E-state index in [2.05, 4.69) is 83.8 Å². The van der Waals surface area contributed by atoms with E-state index in [0.717, 1.165) is 6.54 Å². The van der Waals surface area contributed by atoms with Crippen molar-refractivity contribution in [1.29, 1.82) is 0 Å². The number of rotatable bonds is 5. The topological polar surface area (TPSA) is 12.0 Å². The quantitative estimate of drug-likeness (QED) is 0.786. The van der Waals surface area contributed by atoms with Crippen LogP contribution in [0.3, 0.4) is 0 Å². The highest BCUT2D eigenvalue weighted by molar-refractivity contribution is 6.88. The monoisotopic (exact) mass is 291 g/mol. The summed E-state index contributed by atoms with van der Waals surface area (Å²) in [7, 11) is -1.17. The fourth-order valence-electron chi connectivity index (χ4n) is 2.85. The maximum atomic E-state index is 3.70. The first kappa shape index (κ1) is 17.4. The van der Waals surface area contributed by atoms with Gasteiger partial charge in [0.25, 0.3) is 0 Å². The van der Waals surface area contributed by atoms with Crippen molar-refractivity contribution in [2.45, 2.75) is 72.8 Å². The van der Waals surface area contributed by atoms with Crippen molar-refractivity contribution in [1.82, 2.24) is 5.32 Å². The second kappa shape index (κ2) is 6.03. The zero-order valence-electron chi connectivity index (χ0n) is 14.7. The van der Waals surface area contributed by atoms with Crippen molar-refractivity contribution in [2.24, 2.45) is 5.41 Å². The molecule has 1 aromatic carbocycles. The van der Waals surface area contributed by atoms with Gasteiger partial charge in [-0.2, -0.15) is 0 Å². The maximum Gasteiger partial charge on any atom is 0.0775 e.